The first kappa shape index (κ1) is 14.1. The second kappa shape index (κ2) is 6.75. The van der Waals surface area contributed by atoms with Gasteiger partial charge in [0.25, 0.3) is 5.88 Å². The average molecular weight is 264 g/mol. The Morgan fingerprint density at radius 3 is 2.89 bits per heavy atom. The van der Waals surface area contributed by atoms with Crippen molar-refractivity contribution < 1.29 is 9.47 Å². The maximum Gasteiger partial charge on any atom is 0.257 e. The predicted molar refractivity (Wildman–Crippen MR) is 75.4 cm³/mol. The first-order chi connectivity index (χ1) is 9.20. The van der Waals surface area contributed by atoms with Crippen LogP contribution >= 0.6 is 0 Å². The van der Waals surface area contributed by atoms with Crippen LogP contribution in [0.25, 0.3) is 0 Å². The highest BCUT2D eigenvalue weighted by Gasteiger charge is 2.27. The Morgan fingerprint density at radius 2 is 2.16 bits per heavy atom. The number of hydrogen-bond acceptors (Lipinski definition) is 4. The minimum Gasteiger partial charge on any atom is -0.485 e. The summed E-state index contributed by atoms with van der Waals surface area (Å²) in [7, 11) is 0. The molecule has 0 amide bonds. The summed E-state index contributed by atoms with van der Waals surface area (Å²) in [6, 6.07) is 3.77. The SMILES string of the molecule is CC(C)Oc1cccnc1OC1CCCCC1CN. The third-order valence-corrected chi connectivity index (χ3v) is 3.50. The fraction of sp³-hybridized carbons (Fsp3) is 0.667. The van der Waals surface area contributed by atoms with E-state index in [1.165, 1.54) is 12.8 Å². The largest absolute Gasteiger partial charge is 0.485 e. The van der Waals surface area contributed by atoms with Gasteiger partial charge in [-0.15, -0.1) is 0 Å². The molecule has 1 fully saturated rings. The van der Waals surface area contributed by atoms with Gasteiger partial charge in [0.2, 0.25) is 0 Å². The van der Waals surface area contributed by atoms with Crippen LogP contribution in [0.5, 0.6) is 11.6 Å². The molecule has 1 heterocycles. The lowest BCUT2D eigenvalue weighted by Crippen LogP contribution is -2.35. The Kier molecular flexibility index (Phi) is 5.02. The van der Waals surface area contributed by atoms with Crippen molar-refractivity contribution in [3.63, 3.8) is 0 Å². The lowest BCUT2D eigenvalue weighted by molar-refractivity contribution is 0.0856. The van der Waals surface area contributed by atoms with Crippen LogP contribution in [0.15, 0.2) is 18.3 Å². The van der Waals surface area contributed by atoms with Gasteiger partial charge in [0.05, 0.1) is 6.10 Å². The molecule has 2 rings (SSSR count). The normalized spacial score (nSPS) is 23.4. The molecule has 4 nitrogen and oxygen atoms in total. The van der Waals surface area contributed by atoms with Gasteiger partial charge >= 0.3 is 0 Å². The molecule has 0 spiro atoms. The Balaban J connectivity index is 2.08. The first-order valence-corrected chi connectivity index (χ1v) is 7.19. The van der Waals surface area contributed by atoms with E-state index >= 15 is 0 Å². The number of ether oxygens (including phenoxy) is 2. The van der Waals surface area contributed by atoms with Gasteiger partial charge in [0, 0.05) is 12.1 Å². The second-order valence-corrected chi connectivity index (χ2v) is 5.41. The van der Waals surface area contributed by atoms with Crippen LogP contribution in [0, 0.1) is 5.92 Å². The monoisotopic (exact) mass is 264 g/mol. The van der Waals surface area contributed by atoms with E-state index in [-0.39, 0.29) is 12.2 Å². The summed E-state index contributed by atoms with van der Waals surface area (Å²) in [6.45, 7) is 4.68. The van der Waals surface area contributed by atoms with E-state index in [4.69, 9.17) is 15.2 Å². The summed E-state index contributed by atoms with van der Waals surface area (Å²) < 4.78 is 11.8. The quantitative estimate of drug-likeness (QED) is 0.888. The number of aromatic nitrogens is 1. The van der Waals surface area contributed by atoms with Crippen molar-refractivity contribution in [2.24, 2.45) is 11.7 Å². The van der Waals surface area contributed by atoms with E-state index in [9.17, 15) is 0 Å². The van der Waals surface area contributed by atoms with Gasteiger partial charge in [-0.05, 0) is 51.8 Å². The first-order valence-electron chi connectivity index (χ1n) is 7.19. The minimum atomic E-state index is 0.114. The molecule has 4 heteroatoms. The van der Waals surface area contributed by atoms with E-state index in [1.807, 2.05) is 26.0 Å². The fourth-order valence-electron chi connectivity index (χ4n) is 2.55. The highest BCUT2D eigenvalue weighted by Crippen LogP contribution is 2.31. The molecule has 1 aliphatic rings. The molecule has 1 saturated carbocycles. The number of hydrogen-bond donors (Lipinski definition) is 1. The molecule has 106 valence electrons. The second-order valence-electron chi connectivity index (χ2n) is 5.41. The van der Waals surface area contributed by atoms with Gasteiger partial charge < -0.3 is 15.2 Å². The Morgan fingerprint density at radius 1 is 1.37 bits per heavy atom. The molecule has 19 heavy (non-hydrogen) atoms. The smallest absolute Gasteiger partial charge is 0.257 e. The summed E-state index contributed by atoms with van der Waals surface area (Å²) in [4.78, 5) is 4.31. The lowest BCUT2D eigenvalue weighted by Gasteiger charge is -2.31. The zero-order valence-electron chi connectivity index (χ0n) is 11.8. The van der Waals surface area contributed by atoms with Crippen molar-refractivity contribution in [1.29, 1.82) is 0 Å². The van der Waals surface area contributed by atoms with E-state index in [1.54, 1.807) is 6.20 Å². The van der Waals surface area contributed by atoms with Crippen molar-refractivity contribution in [1.82, 2.24) is 4.98 Å². The Hall–Kier alpha value is -1.29. The zero-order chi connectivity index (χ0) is 13.7. The predicted octanol–water partition coefficient (Wildman–Crippen LogP) is 2.77. The van der Waals surface area contributed by atoms with Crippen LogP contribution in [0.3, 0.4) is 0 Å². The molecule has 0 bridgehead atoms. The maximum atomic E-state index is 6.07. The molecular formula is C15H24N2O2. The lowest BCUT2D eigenvalue weighted by atomic mass is 9.86. The summed E-state index contributed by atoms with van der Waals surface area (Å²) in [6.07, 6.45) is 6.68. The Labute approximate surface area is 115 Å². The standard InChI is InChI=1S/C15H24N2O2/c1-11(2)18-14-8-5-9-17-15(14)19-13-7-4-3-6-12(13)10-16/h5,8-9,11-13H,3-4,6-7,10,16H2,1-2H3. The number of nitrogens with two attached hydrogens (primary N) is 1. The molecule has 0 aliphatic heterocycles. The van der Waals surface area contributed by atoms with Crippen molar-refractivity contribution in [3.05, 3.63) is 18.3 Å². The topological polar surface area (TPSA) is 57.4 Å². The van der Waals surface area contributed by atoms with Gasteiger partial charge in [0.15, 0.2) is 5.75 Å². The highest BCUT2D eigenvalue weighted by molar-refractivity contribution is 5.33. The van der Waals surface area contributed by atoms with Crippen LogP contribution < -0.4 is 15.2 Å². The van der Waals surface area contributed by atoms with E-state index in [0.29, 0.717) is 18.3 Å². The highest BCUT2D eigenvalue weighted by atomic mass is 16.5. The van der Waals surface area contributed by atoms with Crippen molar-refractivity contribution in [2.45, 2.75) is 51.7 Å². The van der Waals surface area contributed by atoms with Crippen LogP contribution in [-0.4, -0.2) is 23.7 Å². The van der Waals surface area contributed by atoms with Gasteiger partial charge in [-0.2, -0.15) is 0 Å². The van der Waals surface area contributed by atoms with Crippen LogP contribution in [-0.2, 0) is 0 Å². The molecule has 1 aliphatic carbocycles. The zero-order valence-corrected chi connectivity index (χ0v) is 11.8. The fourth-order valence-corrected chi connectivity index (χ4v) is 2.55. The number of pyridine rings is 1. The molecule has 0 aromatic carbocycles. The van der Waals surface area contributed by atoms with Gasteiger partial charge in [-0.3, -0.25) is 0 Å². The van der Waals surface area contributed by atoms with Crippen LogP contribution in [0.2, 0.25) is 0 Å². The summed E-state index contributed by atoms with van der Waals surface area (Å²) in [5.74, 6) is 1.75. The third-order valence-electron chi connectivity index (χ3n) is 3.50. The molecule has 0 radical (unpaired) electrons. The van der Waals surface area contributed by atoms with Gasteiger partial charge in [0.1, 0.15) is 6.10 Å². The van der Waals surface area contributed by atoms with E-state index < -0.39 is 0 Å². The summed E-state index contributed by atoms with van der Waals surface area (Å²) in [5, 5.41) is 0. The molecule has 2 atom stereocenters. The number of rotatable bonds is 5. The minimum absolute atomic E-state index is 0.114. The molecular weight excluding hydrogens is 240 g/mol. The maximum absolute atomic E-state index is 6.07. The molecule has 1 aromatic rings. The van der Waals surface area contributed by atoms with Crippen LogP contribution in [0.4, 0.5) is 0 Å². The third kappa shape index (κ3) is 3.83. The molecule has 2 unspecified atom stereocenters. The van der Waals surface area contributed by atoms with Crippen molar-refractivity contribution in [3.8, 4) is 11.6 Å². The van der Waals surface area contributed by atoms with Gasteiger partial charge in [-0.1, -0.05) is 6.42 Å². The summed E-state index contributed by atoms with van der Waals surface area (Å²) >= 11 is 0. The van der Waals surface area contributed by atoms with Crippen molar-refractivity contribution in [2.75, 3.05) is 6.54 Å². The van der Waals surface area contributed by atoms with Gasteiger partial charge in [-0.25, -0.2) is 4.98 Å². The van der Waals surface area contributed by atoms with Crippen molar-refractivity contribution >= 4 is 0 Å². The van der Waals surface area contributed by atoms with E-state index in [2.05, 4.69) is 4.98 Å². The molecule has 1 aromatic heterocycles. The Bertz CT molecular complexity index is 395. The molecule has 0 saturated heterocycles. The summed E-state index contributed by atoms with van der Waals surface area (Å²) in [5.41, 5.74) is 5.83. The van der Waals surface area contributed by atoms with E-state index in [0.717, 1.165) is 18.6 Å². The average Bonchev–Trinajstić information content (AvgIpc) is 2.41. The molecule has 2 N–H and O–H groups in total. The number of nitrogens with zero attached hydrogens (tertiary/aromatic N) is 1. The van der Waals surface area contributed by atoms with Crippen LogP contribution in [0.1, 0.15) is 39.5 Å².